The van der Waals surface area contributed by atoms with E-state index in [0.29, 0.717) is 13.0 Å². The maximum atomic E-state index is 12.1. The van der Waals surface area contributed by atoms with E-state index in [1.165, 1.54) is 0 Å². The number of benzene rings is 1. The minimum absolute atomic E-state index is 0. The second-order valence-corrected chi connectivity index (χ2v) is 5.36. The summed E-state index contributed by atoms with van der Waals surface area (Å²) in [6.07, 6.45) is 2.08. The molecule has 0 atom stereocenters. The van der Waals surface area contributed by atoms with E-state index < -0.39 is 0 Å². The van der Waals surface area contributed by atoms with E-state index in [0.717, 1.165) is 22.9 Å². The highest BCUT2D eigenvalue weighted by atomic mass is 79.9. The van der Waals surface area contributed by atoms with E-state index in [9.17, 15) is 4.79 Å². The lowest BCUT2D eigenvalue weighted by Crippen LogP contribution is -2.53. The van der Waals surface area contributed by atoms with Crippen molar-refractivity contribution in [2.45, 2.75) is 38.6 Å². The fraction of sp³-hybridized carbons (Fsp3) is 0.500. The van der Waals surface area contributed by atoms with E-state index in [1.807, 2.05) is 24.3 Å². The van der Waals surface area contributed by atoms with Gasteiger partial charge in [-0.15, -0.1) is 12.4 Å². The lowest BCUT2D eigenvalue weighted by molar-refractivity contribution is -0.122. The third kappa shape index (κ3) is 5.13. The van der Waals surface area contributed by atoms with Crippen LogP contribution >= 0.6 is 28.3 Å². The first-order valence-electron chi connectivity index (χ1n) is 6.31. The first kappa shape index (κ1) is 18.4. The van der Waals surface area contributed by atoms with Crippen LogP contribution in [-0.4, -0.2) is 18.0 Å². The molecule has 0 saturated heterocycles. The molecule has 0 aromatic heterocycles. The standard InChI is InChI=1S/C14H21BrN2O.ClH/c1-3-14(4-2,10-16)17-13(18)9-11-7-5-6-8-12(11)15;/h5-8H,3-4,9-10,16H2,1-2H3,(H,17,18);1H. The molecule has 0 heterocycles. The molecule has 1 amide bonds. The van der Waals surface area contributed by atoms with Crippen molar-refractivity contribution in [3.8, 4) is 0 Å². The van der Waals surface area contributed by atoms with Crippen LogP contribution in [0.4, 0.5) is 0 Å². The highest BCUT2D eigenvalue weighted by Crippen LogP contribution is 2.18. The van der Waals surface area contributed by atoms with Gasteiger partial charge in [0.1, 0.15) is 0 Å². The van der Waals surface area contributed by atoms with E-state index in [4.69, 9.17) is 5.73 Å². The second kappa shape index (κ2) is 8.56. The third-order valence-electron chi connectivity index (χ3n) is 3.46. The van der Waals surface area contributed by atoms with Gasteiger partial charge in [-0.1, -0.05) is 48.0 Å². The summed E-state index contributed by atoms with van der Waals surface area (Å²) in [6, 6.07) is 7.76. The van der Waals surface area contributed by atoms with Crippen LogP contribution in [0.15, 0.2) is 28.7 Å². The zero-order valence-corrected chi connectivity index (χ0v) is 13.8. The Morgan fingerprint density at radius 3 is 2.37 bits per heavy atom. The molecule has 0 spiro atoms. The van der Waals surface area contributed by atoms with Gasteiger partial charge >= 0.3 is 0 Å². The summed E-state index contributed by atoms with van der Waals surface area (Å²) in [7, 11) is 0. The van der Waals surface area contributed by atoms with Crippen molar-refractivity contribution < 1.29 is 4.79 Å². The molecule has 1 aromatic carbocycles. The van der Waals surface area contributed by atoms with E-state index in [-0.39, 0.29) is 23.9 Å². The minimum Gasteiger partial charge on any atom is -0.349 e. The van der Waals surface area contributed by atoms with Gasteiger partial charge in [-0.25, -0.2) is 0 Å². The fourth-order valence-electron chi connectivity index (χ4n) is 1.92. The van der Waals surface area contributed by atoms with Crippen molar-refractivity contribution in [3.63, 3.8) is 0 Å². The van der Waals surface area contributed by atoms with E-state index >= 15 is 0 Å². The molecule has 0 unspecified atom stereocenters. The Bertz CT molecular complexity index is 400. The number of hydrogen-bond donors (Lipinski definition) is 2. The number of halogens is 2. The molecule has 0 fully saturated rings. The molecule has 0 aliphatic carbocycles. The van der Waals surface area contributed by atoms with Crippen LogP contribution in [0, 0.1) is 0 Å². The maximum absolute atomic E-state index is 12.1. The van der Waals surface area contributed by atoms with Gasteiger partial charge in [-0.05, 0) is 24.5 Å². The first-order chi connectivity index (χ1) is 8.56. The number of carbonyl (C=O) groups excluding carboxylic acids is 1. The van der Waals surface area contributed by atoms with Gasteiger partial charge in [0.15, 0.2) is 0 Å². The average Bonchev–Trinajstić information content (AvgIpc) is 2.39. The summed E-state index contributed by atoms with van der Waals surface area (Å²) in [5, 5.41) is 3.07. The van der Waals surface area contributed by atoms with Crippen LogP contribution < -0.4 is 11.1 Å². The van der Waals surface area contributed by atoms with Crippen molar-refractivity contribution in [3.05, 3.63) is 34.3 Å². The summed E-state index contributed by atoms with van der Waals surface area (Å²) in [4.78, 5) is 12.1. The van der Waals surface area contributed by atoms with Gasteiger partial charge in [-0.2, -0.15) is 0 Å². The van der Waals surface area contributed by atoms with Gasteiger partial charge in [0, 0.05) is 11.0 Å². The molecule has 0 radical (unpaired) electrons. The molecule has 1 rings (SSSR count). The molecule has 3 nitrogen and oxygen atoms in total. The van der Waals surface area contributed by atoms with Crippen LogP contribution in [0.2, 0.25) is 0 Å². The number of rotatable bonds is 6. The largest absolute Gasteiger partial charge is 0.349 e. The normalized spacial score (nSPS) is 10.7. The Morgan fingerprint density at radius 2 is 1.89 bits per heavy atom. The lowest BCUT2D eigenvalue weighted by Gasteiger charge is -2.31. The highest BCUT2D eigenvalue weighted by molar-refractivity contribution is 9.10. The van der Waals surface area contributed by atoms with Gasteiger partial charge in [0.25, 0.3) is 0 Å². The number of nitrogens with two attached hydrogens (primary N) is 1. The van der Waals surface area contributed by atoms with Gasteiger partial charge in [-0.3, -0.25) is 4.79 Å². The highest BCUT2D eigenvalue weighted by Gasteiger charge is 2.26. The predicted molar refractivity (Wildman–Crippen MR) is 85.6 cm³/mol. The van der Waals surface area contributed by atoms with Crippen LogP contribution in [0.1, 0.15) is 32.3 Å². The summed E-state index contributed by atoms with van der Waals surface area (Å²) in [5.74, 6) is 0.0241. The Kier molecular flexibility index (Phi) is 8.30. The van der Waals surface area contributed by atoms with Gasteiger partial charge < -0.3 is 11.1 Å². The van der Waals surface area contributed by atoms with Crippen LogP contribution in [0.5, 0.6) is 0 Å². The summed E-state index contributed by atoms with van der Waals surface area (Å²) in [5.41, 5.74) is 6.50. The fourth-order valence-corrected chi connectivity index (χ4v) is 2.35. The molecule has 0 bridgehead atoms. The van der Waals surface area contributed by atoms with Crippen LogP contribution in [0.3, 0.4) is 0 Å². The average molecular weight is 350 g/mol. The van der Waals surface area contributed by atoms with Crippen molar-refractivity contribution in [2.24, 2.45) is 5.73 Å². The second-order valence-electron chi connectivity index (χ2n) is 4.51. The summed E-state index contributed by atoms with van der Waals surface area (Å²) < 4.78 is 0.964. The van der Waals surface area contributed by atoms with E-state index in [2.05, 4.69) is 35.1 Å². The summed E-state index contributed by atoms with van der Waals surface area (Å²) in [6.45, 7) is 4.58. The zero-order chi connectivity index (χ0) is 13.6. The third-order valence-corrected chi connectivity index (χ3v) is 4.23. The zero-order valence-electron chi connectivity index (χ0n) is 11.4. The molecule has 3 N–H and O–H groups in total. The summed E-state index contributed by atoms with van der Waals surface area (Å²) >= 11 is 3.45. The quantitative estimate of drug-likeness (QED) is 0.829. The topological polar surface area (TPSA) is 55.1 Å². The Labute approximate surface area is 129 Å². The van der Waals surface area contributed by atoms with Gasteiger partial charge in [0.05, 0.1) is 12.0 Å². The number of nitrogens with one attached hydrogen (secondary N) is 1. The van der Waals surface area contributed by atoms with Crippen LogP contribution in [-0.2, 0) is 11.2 Å². The smallest absolute Gasteiger partial charge is 0.224 e. The SMILES string of the molecule is CCC(CC)(CN)NC(=O)Cc1ccccc1Br.Cl. The predicted octanol–water partition coefficient (Wildman–Crippen LogP) is 3.05. The van der Waals surface area contributed by atoms with Gasteiger partial charge in [0.2, 0.25) is 5.91 Å². The Balaban J connectivity index is 0.00000324. The molecule has 0 saturated carbocycles. The monoisotopic (exact) mass is 348 g/mol. The molecule has 1 aromatic rings. The maximum Gasteiger partial charge on any atom is 0.224 e. The van der Waals surface area contributed by atoms with Crippen molar-refractivity contribution in [1.82, 2.24) is 5.32 Å². The van der Waals surface area contributed by atoms with Crippen molar-refractivity contribution in [1.29, 1.82) is 0 Å². The molecule has 108 valence electrons. The number of carbonyl (C=O) groups is 1. The van der Waals surface area contributed by atoms with Crippen LogP contribution in [0.25, 0.3) is 0 Å². The molecular weight excluding hydrogens is 328 g/mol. The molecule has 5 heteroatoms. The number of hydrogen-bond acceptors (Lipinski definition) is 2. The molecule has 0 aliphatic heterocycles. The Morgan fingerprint density at radius 1 is 1.32 bits per heavy atom. The minimum atomic E-state index is -0.266. The molecule has 19 heavy (non-hydrogen) atoms. The Hall–Kier alpha value is -0.580. The van der Waals surface area contributed by atoms with Crippen molar-refractivity contribution in [2.75, 3.05) is 6.54 Å². The van der Waals surface area contributed by atoms with E-state index in [1.54, 1.807) is 0 Å². The molecular formula is C14H22BrClN2O. The number of amides is 1. The van der Waals surface area contributed by atoms with Crippen molar-refractivity contribution >= 4 is 34.2 Å². The first-order valence-corrected chi connectivity index (χ1v) is 7.10. The lowest BCUT2D eigenvalue weighted by atomic mass is 9.92. The molecule has 0 aliphatic rings.